The molecule has 1 atom stereocenters. The monoisotopic (exact) mass is 568 g/mol. The summed E-state index contributed by atoms with van der Waals surface area (Å²) in [5.74, 6) is -0.378. The molecule has 0 spiro atoms. The molecule has 1 saturated heterocycles. The number of carboxylic acid groups (broad SMARTS) is 1. The van der Waals surface area contributed by atoms with Gasteiger partial charge in [0.2, 0.25) is 11.3 Å². The van der Waals surface area contributed by atoms with E-state index in [4.69, 9.17) is 33.0 Å². The van der Waals surface area contributed by atoms with E-state index in [2.05, 4.69) is 14.8 Å². The Labute approximate surface area is 233 Å². The first-order chi connectivity index (χ1) is 18.8. The number of fused-ring (bicyclic) bond motifs is 2. The molecule has 3 aromatic heterocycles. The average Bonchev–Trinajstić information content (AvgIpc) is 3.55. The second-order valence-corrected chi connectivity index (χ2v) is 10.7. The lowest BCUT2D eigenvalue weighted by Gasteiger charge is -2.28. The van der Waals surface area contributed by atoms with Gasteiger partial charge in [0.1, 0.15) is 17.2 Å². The normalized spacial score (nSPS) is 17.5. The fraction of sp³-hybridized carbons (Fsp3) is 0.333. The molecule has 4 aromatic rings. The van der Waals surface area contributed by atoms with Crippen molar-refractivity contribution in [3.8, 4) is 11.7 Å². The number of benzene rings is 1. The van der Waals surface area contributed by atoms with Gasteiger partial charge in [-0.3, -0.25) is 18.9 Å². The third kappa shape index (κ3) is 4.73. The quantitative estimate of drug-likeness (QED) is 0.371. The highest BCUT2D eigenvalue weighted by atomic mass is 35.5. The van der Waals surface area contributed by atoms with Crippen LogP contribution in [0.3, 0.4) is 0 Å². The lowest BCUT2D eigenvalue weighted by atomic mass is 10.1. The van der Waals surface area contributed by atoms with Gasteiger partial charge in [0, 0.05) is 43.5 Å². The van der Waals surface area contributed by atoms with Crippen LogP contribution in [0.15, 0.2) is 47.5 Å². The zero-order chi connectivity index (χ0) is 27.3. The highest BCUT2D eigenvalue weighted by Crippen LogP contribution is 2.36. The van der Waals surface area contributed by atoms with Gasteiger partial charge in [-0.05, 0) is 44.2 Å². The number of hydrogen-bond donors (Lipinski definition) is 1. The number of aromatic nitrogens is 4. The Kier molecular flexibility index (Phi) is 6.70. The molecule has 2 aliphatic heterocycles. The summed E-state index contributed by atoms with van der Waals surface area (Å²) < 4.78 is 9.55. The van der Waals surface area contributed by atoms with Crippen LogP contribution < -0.4 is 15.1 Å². The summed E-state index contributed by atoms with van der Waals surface area (Å²) in [7, 11) is 2.04. The summed E-state index contributed by atoms with van der Waals surface area (Å²) >= 11 is 13.0. The molecule has 0 amide bonds. The Morgan fingerprint density at radius 3 is 2.82 bits per heavy atom. The zero-order valence-corrected chi connectivity index (χ0v) is 22.7. The smallest absolute Gasteiger partial charge is 0.341 e. The Balaban J connectivity index is 1.43. The fourth-order valence-corrected chi connectivity index (χ4v) is 5.82. The number of carboxylic acids is 1. The van der Waals surface area contributed by atoms with Gasteiger partial charge in [-0.25, -0.2) is 9.78 Å². The van der Waals surface area contributed by atoms with Crippen molar-refractivity contribution in [1.82, 2.24) is 24.2 Å². The van der Waals surface area contributed by atoms with Gasteiger partial charge >= 0.3 is 5.97 Å². The standard InChI is InChI=1S/C27H26Cl2N6O4/c1-32-8-9-35-17(13-32)10-24(31-35)34-14-19(27(37)38)25(36)18-11-21(29)23(12-22(18)34)33-7-3-4-16(33)15-39-26-20(28)5-2-6-30-26/h2,5-6,10-12,14,16H,3-4,7-9,13,15H2,1H3,(H,37,38)/t16-/m1/s1. The summed E-state index contributed by atoms with van der Waals surface area (Å²) in [5.41, 5.74) is 1.36. The molecule has 1 aromatic carbocycles. The molecule has 12 heteroatoms. The predicted molar refractivity (Wildman–Crippen MR) is 149 cm³/mol. The van der Waals surface area contributed by atoms with Crippen LogP contribution in [-0.2, 0) is 13.1 Å². The second-order valence-electron chi connectivity index (χ2n) is 9.91. The Morgan fingerprint density at radius 1 is 1.18 bits per heavy atom. The molecule has 1 N–H and O–H groups in total. The number of aromatic carboxylic acids is 1. The number of likely N-dealkylation sites (N-methyl/N-ethyl adjacent to an activating group) is 1. The molecule has 6 rings (SSSR count). The third-order valence-corrected chi connectivity index (χ3v) is 7.94. The van der Waals surface area contributed by atoms with Crippen LogP contribution in [0.25, 0.3) is 16.7 Å². The van der Waals surface area contributed by atoms with Crippen molar-refractivity contribution in [2.45, 2.75) is 32.0 Å². The van der Waals surface area contributed by atoms with Gasteiger partial charge in [-0.15, -0.1) is 0 Å². The van der Waals surface area contributed by atoms with Crippen molar-refractivity contribution in [1.29, 1.82) is 0 Å². The predicted octanol–water partition coefficient (Wildman–Crippen LogP) is 4.08. The van der Waals surface area contributed by atoms with Crippen LogP contribution in [0.1, 0.15) is 28.9 Å². The summed E-state index contributed by atoms with van der Waals surface area (Å²) in [6, 6.07) is 8.83. The minimum Gasteiger partial charge on any atom is -0.477 e. The van der Waals surface area contributed by atoms with Gasteiger partial charge in [0.05, 0.1) is 34.5 Å². The highest BCUT2D eigenvalue weighted by molar-refractivity contribution is 6.34. The molecule has 0 radical (unpaired) electrons. The Morgan fingerprint density at radius 2 is 2.03 bits per heavy atom. The van der Waals surface area contributed by atoms with Crippen molar-refractivity contribution >= 4 is 45.8 Å². The molecule has 0 saturated carbocycles. The largest absolute Gasteiger partial charge is 0.477 e. The van der Waals surface area contributed by atoms with E-state index in [1.165, 1.54) is 6.20 Å². The van der Waals surface area contributed by atoms with E-state index in [1.807, 2.05) is 23.9 Å². The lowest BCUT2D eigenvalue weighted by Crippen LogP contribution is -2.34. The molecule has 39 heavy (non-hydrogen) atoms. The van der Waals surface area contributed by atoms with Gasteiger partial charge in [0.15, 0.2) is 5.82 Å². The summed E-state index contributed by atoms with van der Waals surface area (Å²) in [4.78, 5) is 33.7. The second kappa shape index (κ2) is 10.2. The number of halogens is 2. The molecule has 5 heterocycles. The first kappa shape index (κ1) is 25.7. The van der Waals surface area contributed by atoms with Crippen molar-refractivity contribution in [2.75, 3.05) is 31.6 Å². The van der Waals surface area contributed by atoms with Crippen LogP contribution in [0.4, 0.5) is 5.69 Å². The first-order valence-electron chi connectivity index (χ1n) is 12.7. The fourth-order valence-electron chi connectivity index (χ4n) is 5.37. The van der Waals surface area contributed by atoms with Crippen molar-refractivity contribution in [2.24, 2.45) is 0 Å². The van der Waals surface area contributed by atoms with E-state index in [9.17, 15) is 14.7 Å². The van der Waals surface area contributed by atoms with Crippen LogP contribution in [0.2, 0.25) is 10.0 Å². The number of ether oxygens (including phenoxy) is 1. The minimum absolute atomic E-state index is 0.00643. The van der Waals surface area contributed by atoms with Crippen molar-refractivity contribution in [3.05, 3.63) is 74.3 Å². The zero-order valence-electron chi connectivity index (χ0n) is 21.2. The Bertz CT molecular complexity index is 1650. The minimum atomic E-state index is -1.30. The van der Waals surface area contributed by atoms with Gasteiger partial charge < -0.3 is 14.7 Å². The van der Waals surface area contributed by atoms with E-state index in [0.29, 0.717) is 33.9 Å². The molecule has 202 valence electrons. The number of nitrogens with zero attached hydrogens (tertiary/aromatic N) is 6. The summed E-state index contributed by atoms with van der Waals surface area (Å²) in [6.07, 6.45) is 4.80. The maximum Gasteiger partial charge on any atom is 0.341 e. The summed E-state index contributed by atoms with van der Waals surface area (Å²) in [6.45, 7) is 3.42. The first-order valence-corrected chi connectivity index (χ1v) is 13.4. The van der Waals surface area contributed by atoms with E-state index in [0.717, 1.165) is 50.4 Å². The van der Waals surface area contributed by atoms with Crippen LogP contribution in [0.5, 0.6) is 5.88 Å². The van der Waals surface area contributed by atoms with Crippen molar-refractivity contribution in [3.63, 3.8) is 0 Å². The Hall–Kier alpha value is -3.60. The van der Waals surface area contributed by atoms with Crippen LogP contribution in [0, 0.1) is 0 Å². The maximum atomic E-state index is 13.2. The number of pyridine rings is 2. The molecule has 0 aliphatic carbocycles. The molecular weight excluding hydrogens is 543 g/mol. The van der Waals surface area contributed by atoms with Crippen LogP contribution >= 0.6 is 23.2 Å². The van der Waals surface area contributed by atoms with Gasteiger partial charge in [0.25, 0.3) is 0 Å². The molecule has 0 bridgehead atoms. The highest BCUT2D eigenvalue weighted by Gasteiger charge is 2.29. The molecular formula is C27H26Cl2N6O4. The number of anilines is 1. The number of carbonyl (C=O) groups is 1. The van der Waals surface area contributed by atoms with E-state index in [1.54, 1.807) is 29.0 Å². The van der Waals surface area contributed by atoms with E-state index in [-0.39, 0.29) is 17.0 Å². The van der Waals surface area contributed by atoms with E-state index < -0.39 is 11.4 Å². The third-order valence-electron chi connectivity index (χ3n) is 7.35. The maximum absolute atomic E-state index is 13.2. The molecule has 2 aliphatic rings. The van der Waals surface area contributed by atoms with E-state index >= 15 is 0 Å². The summed E-state index contributed by atoms with van der Waals surface area (Å²) in [5, 5.41) is 15.6. The van der Waals surface area contributed by atoms with Gasteiger partial charge in [-0.1, -0.05) is 23.2 Å². The molecule has 0 unspecified atom stereocenters. The lowest BCUT2D eigenvalue weighted by molar-refractivity contribution is 0.0695. The number of hydrogen-bond acceptors (Lipinski definition) is 7. The topological polar surface area (TPSA) is 106 Å². The SMILES string of the molecule is CN1CCn2nc(-n3cc(C(=O)O)c(=O)c4cc(Cl)c(N5CCC[C@@H]5COc5ncccc5Cl)cc43)cc2C1. The average molecular weight is 569 g/mol. The number of rotatable bonds is 6. The molecule has 10 nitrogen and oxygen atoms in total. The van der Waals surface area contributed by atoms with Gasteiger partial charge in [-0.2, -0.15) is 5.10 Å². The van der Waals surface area contributed by atoms with Crippen molar-refractivity contribution < 1.29 is 14.6 Å². The van der Waals surface area contributed by atoms with Crippen LogP contribution in [-0.4, -0.2) is 68.1 Å². The molecule has 1 fully saturated rings.